The van der Waals surface area contributed by atoms with Gasteiger partial charge in [-0.2, -0.15) is 0 Å². The van der Waals surface area contributed by atoms with Gasteiger partial charge in [0.25, 0.3) is 11.6 Å². The van der Waals surface area contributed by atoms with Gasteiger partial charge in [0.2, 0.25) is 0 Å². The molecule has 0 aliphatic rings. The fraction of sp³-hybridized carbons (Fsp3) is 0.188. The second-order valence-corrected chi connectivity index (χ2v) is 4.87. The average Bonchev–Trinajstić information content (AvgIpc) is 2.48. The van der Waals surface area contributed by atoms with Gasteiger partial charge in [0.15, 0.2) is 0 Å². The van der Waals surface area contributed by atoms with Gasteiger partial charge >= 0.3 is 0 Å². The van der Waals surface area contributed by atoms with Crippen LogP contribution in [0.5, 0.6) is 5.75 Å². The van der Waals surface area contributed by atoms with Crippen LogP contribution in [-0.4, -0.2) is 17.9 Å². The van der Waals surface area contributed by atoms with E-state index >= 15 is 0 Å². The van der Waals surface area contributed by atoms with Crippen LogP contribution in [0.25, 0.3) is 0 Å². The molecule has 1 amide bonds. The van der Waals surface area contributed by atoms with Crippen LogP contribution in [0.4, 0.5) is 11.4 Å². The largest absolute Gasteiger partial charge is 0.496 e. The number of rotatable bonds is 4. The van der Waals surface area contributed by atoms with Crippen LogP contribution in [0.15, 0.2) is 36.4 Å². The molecular formula is C16H16N2O4. The molecule has 1 N–H and O–H groups in total. The number of hydrogen-bond donors (Lipinski definition) is 1. The number of para-hydroxylation sites is 1. The molecule has 0 bridgehead atoms. The molecule has 2 aromatic rings. The maximum absolute atomic E-state index is 12.4. The Balaban J connectivity index is 2.35. The molecular weight excluding hydrogens is 284 g/mol. The van der Waals surface area contributed by atoms with Crippen LogP contribution in [0.3, 0.4) is 0 Å². The number of benzene rings is 2. The molecule has 114 valence electrons. The summed E-state index contributed by atoms with van der Waals surface area (Å²) in [4.78, 5) is 22.8. The number of nitro groups is 1. The number of amides is 1. The molecule has 0 spiro atoms. The van der Waals surface area contributed by atoms with Crippen molar-refractivity contribution in [3.8, 4) is 5.75 Å². The molecule has 0 radical (unpaired) electrons. The van der Waals surface area contributed by atoms with Crippen LogP contribution in [0, 0.1) is 24.0 Å². The Morgan fingerprint density at radius 1 is 1.18 bits per heavy atom. The Kier molecular flexibility index (Phi) is 4.41. The summed E-state index contributed by atoms with van der Waals surface area (Å²) < 4.78 is 5.26. The van der Waals surface area contributed by atoms with Crippen molar-refractivity contribution in [2.45, 2.75) is 13.8 Å². The Morgan fingerprint density at radius 2 is 1.91 bits per heavy atom. The summed E-state index contributed by atoms with van der Waals surface area (Å²) in [7, 11) is 1.50. The molecule has 22 heavy (non-hydrogen) atoms. The van der Waals surface area contributed by atoms with Gasteiger partial charge in [0.1, 0.15) is 5.75 Å². The summed E-state index contributed by atoms with van der Waals surface area (Å²) in [6, 6.07) is 9.59. The second kappa shape index (κ2) is 6.26. The standard InChI is InChI=1S/C16H16N2O4/c1-10-7-8-12(18(20)21)9-14(10)17-16(19)13-6-4-5-11(2)15(13)22-3/h4-9H,1-3H3,(H,17,19). The van der Waals surface area contributed by atoms with Crippen LogP contribution in [-0.2, 0) is 0 Å². The molecule has 0 atom stereocenters. The molecule has 6 heteroatoms. The van der Waals surface area contributed by atoms with E-state index in [0.29, 0.717) is 17.0 Å². The van der Waals surface area contributed by atoms with E-state index < -0.39 is 4.92 Å². The van der Waals surface area contributed by atoms with E-state index in [1.54, 1.807) is 25.1 Å². The number of ether oxygens (including phenoxy) is 1. The van der Waals surface area contributed by atoms with Crippen molar-refractivity contribution in [3.63, 3.8) is 0 Å². The monoisotopic (exact) mass is 300 g/mol. The van der Waals surface area contributed by atoms with Gasteiger partial charge < -0.3 is 10.1 Å². The van der Waals surface area contributed by atoms with Crippen molar-refractivity contribution >= 4 is 17.3 Å². The average molecular weight is 300 g/mol. The van der Waals surface area contributed by atoms with Crippen molar-refractivity contribution in [3.05, 3.63) is 63.2 Å². The van der Waals surface area contributed by atoms with Crippen LogP contribution >= 0.6 is 0 Å². The molecule has 0 heterocycles. The minimum absolute atomic E-state index is 0.0721. The quantitative estimate of drug-likeness (QED) is 0.692. The van der Waals surface area contributed by atoms with Crippen molar-refractivity contribution in [2.24, 2.45) is 0 Å². The van der Waals surface area contributed by atoms with Gasteiger partial charge in [-0.1, -0.05) is 18.2 Å². The van der Waals surface area contributed by atoms with E-state index in [2.05, 4.69) is 5.32 Å². The Labute approximate surface area is 127 Å². The topological polar surface area (TPSA) is 81.5 Å². The van der Waals surface area contributed by atoms with E-state index in [-0.39, 0.29) is 11.6 Å². The molecule has 0 saturated heterocycles. The lowest BCUT2D eigenvalue weighted by Crippen LogP contribution is -2.14. The summed E-state index contributed by atoms with van der Waals surface area (Å²) in [5.41, 5.74) is 2.30. The van der Waals surface area contributed by atoms with Crippen molar-refractivity contribution in [1.29, 1.82) is 0 Å². The number of nitrogens with one attached hydrogen (secondary N) is 1. The first-order valence-electron chi connectivity index (χ1n) is 6.64. The van der Waals surface area contributed by atoms with Crippen molar-refractivity contribution in [2.75, 3.05) is 12.4 Å². The first kappa shape index (κ1) is 15.5. The molecule has 0 aliphatic carbocycles. The molecule has 2 rings (SSSR count). The number of methoxy groups -OCH3 is 1. The van der Waals surface area contributed by atoms with Gasteiger partial charge in [0.05, 0.1) is 23.3 Å². The zero-order chi connectivity index (χ0) is 16.3. The third kappa shape index (κ3) is 3.06. The van der Waals surface area contributed by atoms with E-state index in [1.807, 2.05) is 13.0 Å². The summed E-state index contributed by atoms with van der Waals surface area (Å²) >= 11 is 0. The Hall–Kier alpha value is -2.89. The minimum atomic E-state index is -0.498. The van der Waals surface area contributed by atoms with Gasteiger partial charge in [0, 0.05) is 12.1 Å². The highest BCUT2D eigenvalue weighted by molar-refractivity contribution is 6.06. The minimum Gasteiger partial charge on any atom is -0.496 e. The molecule has 0 fully saturated rings. The molecule has 0 aliphatic heterocycles. The van der Waals surface area contributed by atoms with Crippen molar-refractivity contribution in [1.82, 2.24) is 0 Å². The zero-order valence-electron chi connectivity index (χ0n) is 12.5. The maximum Gasteiger partial charge on any atom is 0.271 e. The molecule has 0 unspecified atom stereocenters. The smallest absolute Gasteiger partial charge is 0.271 e. The number of nitrogens with zero attached hydrogens (tertiary/aromatic N) is 1. The maximum atomic E-state index is 12.4. The number of hydrogen-bond acceptors (Lipinski definition) is 4. The van der Waals surface area contributed by atoms with E-state index in [9.17, 15) is 14.9 Å². The molecule has 6 nitrogen and oxygen atoms in total. The van der Waals surface area contributed by atoms with Crippen molar-refractivity contribution < 1.29 is 14.5 Å². The molecule has 2 aromatic carbocycles. The lowest BCUT2D eigenvalue weighted by molar-refractivity contribution is -0.384. The lowest BCUT2D eigenvalue weighted by atomic mass is 10.1. The normalized spacial score (nSPS) is 10.1. The van der Waals surface area contributed by atoms with Gasteiger partial charge in [-0.3, -0.25) is 14.9 Å². The van der Waals surface area contributed by atoms with E-state index in [4.69, 9.17) is 4.74 Å². The van der Waals surface area contributed by atoms with E-state index in [1.165, 1.54) is 19.2 Å². The highest BCUT2D eigenvalue weighted by atomic mass is 16.6. The van der Waals surface area contributed by atoms with Crippen LogP contribution < -0.4 is 10.1 Å². The zero-order valence-corrected chi connectivity index (χ0v) is 12.5. The van der Waals surface area contributed by atoms with Gasteiger partial charge in [-0.15, -0.1) is 0 Å². The number of anilines is 1. The summed E-state index contributed by atoms with van der Waals surface area (Å²) in [5.74, 6) is 0.118. The highest BCUT2D eigenvalue weighted by Crippen LogP contribution is 2.26. The predicted octanol–water partition coefficient (Wildman–Crippen LogP) is 3.47. The van der Waals surface area contributed by atoms with Crippen LogP contribution in [0.2, 0.25) is 0 Å². The fourth-order valence-electron chi connectivity index (χ4n) is 2.15. The van der Waals surface area contributed by atoms with Gasteiger partial charge in [-0.05, 0) is 31.0 Å². The predicted molar refractivity (Wildman–Crippen MR) is 83.5 cm³/mol. The fourth-order valence-corrected chi connectivity index (χ4v) is 2.15. The summed E-state index contributed by atoms with van der Waals surface area (Å²) in [5, 5.41) is 13.5. The Morgan fingerprint density at radius 3 is 2.55 bits per heavy atom. The molecule has 0 saturated carbocycles. The lowest BCUT2D eigenvalue weighted by Gasteiger charge is -2.12. The number of carbonyl (C=O) groups is 1. The summed E-state index contributed by atoms with van der Waals surface area (Å²) in [6.45, 7) is 3.61. The van der Waals surface area contributed by atoms with Crippen LogP contribution in [0.1, 0.15) is 21.5 Å². The highest BCUT2D eigenvalue weighted by Gasteiger charge is 2.16. The number of non-ortho nitro benzene ring substituents is 1. The first-order chi connectivity index (χ1) is 10.4. The third-order valence-corrected chi connectivity index (χ3v) is 3.34. The Bertz CT molecular complexity index is 741. The molecule has 0 aromatic heterocycles. The third-order valence-electron chi connectivity index (χ3n) is 3.34. The van der Waals surface area contributed by atoms with Gasteiger partial charge in [-0.25, -0.2) is 0 Å². The number of nitro benzene ring substituents is 1. The number of aryl methyl sites for hydroxylation is 2. The van der Waals surface area contributed by atoms with E-state index in [0.717, 1.165) is 11.1 Å². The SMILES string of the molecule is COc1c(C)cccc1C(=O)Nc1cc([N+](=O)[O-])ccc1C. The number of carbonyl (C=O) groups excluding carboxylic acids is 1. The second-order valence-electron chi connectivity index (χ2n) is 4.87. The summed E-state index contributed by atoms with van der Waals surface area (Å²) in [6.07, 6.45) is 0. The first-order valence-corrected chi connectivity index (χ1v) is 6.64.